The Bertz CT molecular complexity index is 788. The number of halogens is 1. The van der Waals surface area contributed by atoms with Gasteiger partial charge in [0.15, 0.2) is 0 Å². The molecule has 25 heavy (non-hydrogen) atoms. The number of aliphatic hydroxyl groups is 1. The fourth-order valence-electron chi connectivity index (χ4n) is 2.77. The number of carbonyl (C=O) groups is 1. The summed E-state index contributed by atoms with van der Waals surface area (Å²) < 4.78 is 18.5. The van der Waals surface area contributed by atoms with Crippen molar-refractivity contribution in [3.63, 3.8) is 0 Å². The van der Waals surface area contributed by atoms with Gasteiger partial charge in [-0.05, 0) is 37.1 Å². The number of aryl methyl sites for hydroxylation is 2. The summed E-state index contributed by atoms with van der Waals surface area (Å²) >= 11 is 0. The number of rotatable bonds is 6. The molecule has 0 bridgehead atoms. The molecule has 6 nitrogen and oxygen atoms in total. The zero-order valence-corrected chi connectivity index (χ0v) is 13.9. The van der Waals surface area contributed by atoms with Crippen molar-refractivity contribution in [1.29, 1.82) is 0 Å². The minimum absolute atomic E-state index is 0.0370. The number of hydrogen-bond donors (Lipinski definition) is 2. The number of aliphatic hydroxyl groups excluding tert-OH is 1. The highest BCUT2D eigenvalue weighted by Gasteiger charge is 2.20. The molecule has 2 N–H and O–H groups in total. The van der Waals surface area contributed by atoms with E-state index in [1.807, 2.05) is 12.2 Å². The number of benzene rings is 1. The molecule has 0 spiro atoms. The number of carbonyl (C=O) groups excluding carboxylic acids is 1. The van der Waals surface area contributed by atoms with Crippen LogP contribution in [0.2, 0.25) is 0 Å². The van der Waals surface area contributed by atoms with Crippen molar-refractivity contribution in [3.8, 4) is 11.4 Å². The van der Waals surface area contributed by atoms with Crippen LogP contribution < -0.4 is 5.32 Å². The second kappa shape index (κ2) is 7.57. The summed E-state index contributed by atoms with van der Waals surface area (Å²) in [5, 5.41) is 15.9. The second-order valence-corrected chi connectivity index (χ2v) is 6.21. The van der Waals surface area contributed by atoms with Gasteiger partial charge in [0, 0.05) is 37.0 Å². The quantitative estimate of drug-likeness (QED) is 0.784. The summed E-state index contributed by atoms with van der Waals surface area (Å²) in [6.07, 6.45) is 5.11. The van der Waals surface area contributed by atoms with Gasteiger partial charge >= 0.3 is 0 Å². The third kappa shape index (κ3) is 4.30. The van der Waals surface area contributed by atoms with Crippen molar-refractivity contribution in [1.82, 2.24) is 15.5 Å². The van der Waals surface area contributed by atoms with E-state index < -0.39 is 0 Å². The van der Waals surface area contributed by atoms with E-state index in [0.29, 0.717) is 29.3 Å². The lowest BCUT2D eigenvalue weighted by Gasteiger charge is -2.12. The third-order valence-corrected chi connectivity index (χ3v) is 4.20. The molecule has 0 saturated carbocycles. The number of hydrogen-bond acceptors (Lipinski definition) is 5. The van der Waals surface area contributed by atoms with Gasteiger partial charge in [-0.15, -0.1) is 0 Å². The van der Waals surface area contributed by atoms with Crippen molar-refractivity contribution in [3.05, 3.63) is 47.6 Å². The lowest BCUT2D eigenvalue weighted by atomic mass is 10.1. The van der Waals surface area contributed by atoms with Gasteiger partial charge in [-0.3, -0.25) is 4.79 Å². The van der Waals surface area contributed by atoms with Gasteiger partial charge in [-0.2, -0.15) is 4.98 Å². The standard InChI is InChI=1S/C18H20FN3O3/c1-11-8-13(3-5-15(11)19)18-21-17(25-22-18)7-6-16(24)20-14-4-2-12(9-14)10-23/h2-5,8,12,14,23H,6-7,9-10H2,1H3,(H,20,24)/t12-,14+/m0/s1. The highest BCUT2D eigenvalue weighted by atomic mass is 19.1. The topological polar surface area (TPSA) is 88.2 Å². The van der Waals surface area contributed by atoms with Crippen LogP contribution in [-0.2, 0) is 11.2 Å². The molecule has 7 heteroatoms. The van der Waals surface area contributed by atoms with Crippen molar-refractivity contribution < 1.29 is 18.8 Å². The largest absolute Gasteiger partial charge is 0.396 e. The molecule has 132 valence electrons. The molecule has 0 radical (unpaired) electrons. The highest BCUT2D eigenvalue weighted by molar-refractivity contribution is 5.76. The Morgan fingerprint density at radius 1 is 1.44 bits per heavy atom. The zero-order valence-electron chi connectivity index (χ0n) is 13.9. The first-order valence-corrected chi connectivity index (χ1v) is 8.23. The molecular formula is C18H20FN3O3. The first-order chi connectivity index (χ1) is 12.0. The van der Waals surface area contributed by atoms with Gasteiger partial charge < -0.3 is 14.9 Å². The van der Waals surface area contributed by atoms with Crippen molar-refractivity contribution in [2.45, 2.75) is 32.2 Å². The molecule has 1 aliphatic rings. The molecule has 0 fully saturated rings. The minimum Gasteiger partial charge on any atom is -0.396 e. The van der Waals surface area contributed by atoms with E-state index in [1.165, 1.54) is 6.07 Å². The number of amides is 1. The molecule has 1 aliphatic carbocycles. The van der Waals surface area contributed by atoms with E-state index in [9.17, 15) is 9.18 Å². The van der Waals surface area contributed by atoms with E-state index in [2.05, 4.69) is 15.5 Å². The summed E-state index contributed by atoms with van der Waals surface area (Å²) in [5.41, 5.74) is 1.18. The summed E-state index contributed by atoms with van der Waals surface area (Å²) in [7, 11) is 0. The Morgan fingerprint density at radius 3 is 3.00 bits per heavy atom. The summed E-state index contributed by atoms with van der Waals surface area (Å²) in [6, 6.07) is 4.57. The Morgan fingerprint density at radius 2 is 2.28 bits per heavy atom. The van der Waals surface area contributed by atoms with Crippen LogP contribution in [0.1, 0.15) is 24.3 Å². The Hall–Kier alpha value is -2.54. The maximum atomic E-state index is 13.3. The summed E-state index contributed by atoms with van der Waals surface area (Å²) in [5.74, 6) is 0.465. The van der Waals surface area contributed by atoms with E-state index in [1.54, 1.807) is 19.1 Å². The minimum atomic E-state index is -0.284. The van der Waals surface area contributed by atoms with E-state index in [-0.39, 0.29) is 36.7 Å². The molecule has 1 aromatic heterocycles. The predicted octanol–water partition coefficient (Wildman–Crippen LogP) is 2.17. The Labute approximate surface area is 144 Å². The van der Waals surface area contributed by atoms with Gasteiger partial charge in [0.1, 0.15) is 5.82 Å². The Kier molecular flexibility index (Phi) is 5.23. The maximum Gasteiger partial charge on any atom is 0.227 e. The van der Waals surface area contributed by atoms with Crippen LogP contribution in [0.5, 0.6) is 0 Å². The second-order valence-electron chi connectivity index (χ2n) is 6.21. The maximum absolute atomic E-state index is 13.3. The monoisotopic (exact) mass is 345 g/mol. The van der Waals surface area contributed by atoms with Crippen LogP contribution in [0.3, 0.4) is 0 Å². The molecule has 0 saturated heterocycles. The van der Waals surface area contributed by atoms with Crippen LogP contribution in [0.25, 0.3) is 11.4 Å². The number of nitrogens with zero attached hydrogens (tertiary/aromatic N) is 2. The van der Waals surface area contributed by atoms with Gasteiger partial charge in [-0.25, -0.2) is 4.39 Å². The van der Waals surface area contributed by atoms with E-state index in [0.717, 1.165) is 6.42 Å². The normalized spacial score (nSPS) is 19.3. The summed E-state index contributed by atoms with van der Waals surface area (Å²) in [6.45, 7) is 1.76. The highest BCUT2D eigenvalue weighted by Crippen LogP contribution is 2.20. The lowest BCUT2D eigenvalue weighted by molar-refractivity contribution is -0.121. The van der Waals surface area contributed by atoms with Gasteiger partial charge in [0.05, 0.1) is 0 Å². The average Bonchev–Trinajstić information content (AvgIpc) is 3.24. The SMILES string of the molecule is Cc1cc(-c2noc(CCC(=O)N[C@@H]3C=C[C@H](CO)C3)n2)ccc1F. The van der Waals surface area contributed by atoms with Crippen molar-refractivity contribution in [2.75, 3.05) is 6.61 Å². The number of nitrogens with one attached hydrogen (secondary N) is 1. The van der Waals surface area contributed by atoms with Crippen LogP contribution in [0, 0.1) is 18.7 Å². The first-order valence-electron chi connectivity index (χ1n) is 8.23. The van der Waals surface area contributed by atoms with Crippen molar-refractivity contribution >= 4 is 5.91 Å². The smallest absolute Gasteiger partial charge is 0.227 e. The van der Waals surface area contributed by atoms with Gasteiger partial charge in [-0.1, -0.05) is 17.3 Å². The average molecular weight is 345 g/mol. The molecule has 1 aromatic carbocycles. The zero-order chi connectivity index (χ0) is 17.8. The molecule has 0 aliphatic heterocycles. The van der Waals surface area contributed by atoms with E-state index >= 15 is 0 Å². The molecule has 2 atom stereocenters. The molecule has 1 heterocycles. The van der Waals surface area contributed by atoms with Crippen LogP contribution in [-0.4, -0.2) is 33.8 Å². The Balaban J connectivity index is 1.52. The lowest BCUT2D eigenvalue weighted by Crippen LogP contribution is -2.33. The van der Waals surface area contributed by atoms with Crippen molar-refractivity contribution in [2.24, 2.45) is 5.92 Å². The first kappa shape index (κ1) is 17.3. The molecule has 3 rings (SSSR count). The van der Waals surface area contributed by atoms with Gasteiger partial charge in [0.25, 0.3) is 0 Å². The molecule has 0 unspecified atom stereocenters. The molecule has 1 amide bonds. The fourth-order valence-corrected chi connectivity index (χ4v) is 2.77. The molecular weight excluding hydrogens is 325 g/mol. The van der Waals surface area contributed by atoms with Crippen LogP contribution >= 0.6 is 0 Å². The summed E-state index contributed by atoms with van der Waals surface area (Å²) in [4.78, 5) is 16.2. The number of aromatic nitrogens is 2. The van der Waals surface area contributed by atoms with Gasteiger partial charge in [0.2, 0.25) is 17.6 Å². The van der Waals surface area contributed by atoms with E-state index in [4.69, 9.17) is 9.63 Å². The third-order valence-electron chi connectivity index (χ3n) is 4.20. The fraction of sp³-hybridized carbons (Fsp3) is 0.389. The predicted molar refractivity (Wildman–Crippen MR) is 89.0 cm³/mol. The van der Waals surface area contributed by atoms with Crippen LogP contribution in [0.4, 0.5) is 4.39 Å². The molecule has 2 aromatic rings. The van der Waals surface area contributed by atoms with Crippen LogP contribution in [0.15, 0.2) is 34.9 Å².